The summed E-state index contributed by atoms with van der Waals surface area (Å²) in [6, 6.07) is 12.3. The highest BCUT2D eigenvalue weighted by atomic mass is 19.1. The van der Waals surface area contributed by atoms with Crippen LogP contribution in [0.15, 0.2) is 48.5 Å². The molecular weight excluding hydrogens is 362 g/mol. The van der Waals surface area contributed by atoms with Gasteiger partial charge in [0.05, 0.1) is 13.2 Å². The maximum absolute atomic E-state index is 12.9. The van der Waals surface area contributed by atoms with Gasteiger partial charge in [-0.25, -0.2) is 8.78 Å². The van der Waals surface area contributed by atoms with Crippen LogP contribution in [-0.2, 0) is 0 Å². The van der Waals surface area contributed by atoms with Gasteiger partial charge in [-0.2, -0.15) is 0 Å². The molecule has 0 saturated carbocycles. The van der Waals surface area contributed by atoms with E-state index < -0.39 is 0 Å². The first-order chi connectivity index (χ1) is 13.7. The van der Waals surface area contributed by atoms with E-state index in [1.165, 1.54) is 24.3 Å². The summed E-state index contributed by atoms with van der Waals surface area (Å²) < 4.78 is 37.0. The fourth-order valence-corrected chi connectivity index (χ4v) is 3.25. The molecule has 0 unspecified atom stereocenters. The predicted octanol–water partition coefficient (Wildman–Crippen LogP) is 3.82. The lowest BCUT2D eigenvalue weighted by Crippen LogP contribution is -2.47. The molecular formula is C22H28F2N2O2. The van der Waals surface area contributed by atoms with Crippen LogP contribution in [0.25, 0.3) is 0 Å². The summed E-state index contributed by atoms with van der Waals surface area (Å²) in [5, 5.41) is 0. The van der Waals surface area contributed by atoms with E-state index in [-0.39, 0.29) is 11.6 Å². The first-order valence-electron chi connectivity index (χ1n) is 9.90. The van der Waals surface area contributed by atoms with Gasteiger partial charge >= 0.3 is 0 Å². The van der Waals surface area contributed by atoms with E-state index in [1.807, 2.05) is 0 Å². The first kappa shape index (κ1) is 20.6. The van der Waals surface area contributed by atoms with Crippen LogP contribution in [0.1, 0.15) is 12.8 Å². The number of hydrogen-bond donors (Lipinski definition) is 0. The van der Waals surface area contributed by atoms with Gasteiger partial charge in [-0.05, 0) is 61.4 Å². The Morgan fingerprint density at radius 3 is 1.32 bits per heavy atom. The summed E-state index contributed by atoms with van der Waals surface area (Å²) in [5.41, 5.74) is 0. The second-order valence-corrected chi connectivity index (χ2v) is 7.00. The minimum atomic E-state index is -0.243. The van der Waals surface area contributed by atoms with E-state index in [4.69, 9.17) is 9.47 Å². The van der Waals surface area contributed by atoms with Crippen LogP contribution in [0.5, 0.6) is 11.5 Å². The normalized spacial score (nSPS) is 15.5. The van der Waals surface area contributed by atoms with Crippen molar-refractivity contribution in [1.29, 1.82) is 0 Å². The third kappa shape index (κ3) is 7.09. The fraction of sp³-hybridized carbons (Fsp3) is 0.455. The monoisotopic (exact) mass is 390 g/mol. The Labute approximate surface area is 165 Å². The number of benzene rings is 2. The third-order valence-corrected chi connectivity index (χ3v) is 4.87. The van der Waals surface area contributed by atoms with E-state index in [9.17, 15) is 8.78 Å². The van der Waals surface area contributed by atoms with Crippen LogP contribution in [0, 0.1) is 11.6 Å². The number of halogens is 2. The minimum Gasteiger partial charge on any atom is -0.494 e. The predicted molar refractivity (Wildman–Crippen MR) is 106 cm³/mol. The maximum atomic E-state index is 12.9. The molecule has 1 aliphatic rings. The molecule has 0 radical (unpaired) electrons. The Hall–Kier alpha value is -2.18. The van der Waals surface area contributed by atoms with Crippen molar-refractivity contribution >= 4 is 0 Å². The maximum Gasteiger partial charge on any atom is 0.123 e. The molecule has 0 aliphatic carbocycles. The Bertz CT molecular complexity index is 625. The Morgan fingerprint density at radius 2 is 0.964 bits per heavy atom. The molecule has 1 aliphatic heterocycles. The lowest BCUT2D eigenvalue weighted by atomic mass is 10.2. The topological polar surface area (TPSA) is 24.9 Å². The van der Waals surface area contributed by atoms with Crippen molar-refractivity contribution in [3.8, 4) is 11.5 Å². The van der Waals surface area contributed by atoms with Gasteiger partial charge in [-0.3, -0.25) is 0 Å². The van der Waals surface area contributed by atoms with E-state index >= 15 is 0 Å². The van der Waals surface area contributed by atoms with E-state index in [0.717, 1.165) is 52.1 Å². The SMILES string of the molecule is Fc1ccc(OCCCN2CCN(CCCOc3ccc(F)cc3)CC2)cc1. The molecule has 3 rings (SSSR count). The molecule has 152 valence electrons. The summed E-state index contributed by atoms with van der Waals surface area (Å²) in [7, 11) is 0. The van der Waals surface area contributed by atoms with Crippen LogP contribution in [0.3, 0.4) is 0 Å². The highest BCUT2D eigenvalue weighted by Gasteiger charge is 2.16. The lowest BCUT2D eigenvalue weighted by molar-refractivity contribution is 0.120. The van der Waals surface area contributed by atoms with Crippen molar-refractivity contribution in [2.24, 2.45) is 0 Å². The quantitative estimate of drug-likeness (QED) is 0.576. The number of nitrogens with zero attached hydrogens (tertiary/aromatic N) is 2. The molecule has 1 heterocycles. The Balaban J connectivity index is 1.21. The molecule has 0 amide bonds. The average Bonchev–Trinajstić information content (AvgIpc) is 2.72. The van der Waals surface area contributed by atoms with Crippen molar-refractivity contribution in [3.63, 3.8) is 0 Å². The van der Waals surface area contributed by atoms with Gasteiger partial charge < -0.3 is 19.3 Å². The Morgan fingerprint density at radius 1 is 0.607 bits per heavy atom. The lowest BCUT2D eigenvalue weighted by Gasteiger charge is -2.34. The van der Waals surface area contributed by atoms with Crippen molar-refractivity contribution in [1.82, 2.24) is 9.80 Å². The van der Waals surface area contributed by atoms with E-state index in [0.29, 0.717) is 24.7 Å². The van der Waals surface area contributed by atoms with Crippen molar-refractivity contribution in [3.05, 3.63) is 60.2 Å². The molecule has 1 fully saturated rings. The standard InChI is InChI=1S/C22H28F2N2O2/c23-19-3-7-21(8-4-19)27-17-1-11-25-13-15-26(16-14-25)12-2-18-28-22-9-5-20(24)6-10-22/h3-10H,1-2,11-18H2. The zero-order chi connectivity index (χ0) is 19.6. The summed E-state index contributed by atoms with van der Waals surface area (Å²) in [4.78, 5) is 4.92. The average molecular weight is 390 g/mol. The van der Waals surface area contributed by atoms with Crippen molar-refractivity contribution < 1.29 is 18.3 Å². The largest absolute Gasteiger partial charge is 0.494 e. The highest BCUT2D eigenvalue weighted by Crippen LogP contribution is 2.13. The molecule has 4 nitrogen and oxygen atoms in total. The summed E-state index contributed by atoms with van der Waals surface area (Å²) in [6.07, 6.45) is 1.92. The van der Waals surface area contributed by atoms with Crippen molar-refractivity contribution in [2.75, 3.05) is 52.5 Å². The molecule has 2 aromatic carbocycles. The highest BCUT2D eigenvalue weighted by molar-refractivity contribution is 5.22. The zero-order valence-electron chi connectivity index (χ0n) is 16.2. The molecule has 0 atom stereocenters. The van der Waals surface area contributed by atoms with Crippen LogP contribution < -0.4 is 9.47 Å². The van der Waals surface area contributed by atoms with Gasteiger partial charge in [0.25, 0.3) is 0 Å². The molecule has 6 heteroatoms. The van der Waals surface area contributed by atoms with Gasteiger partial charge in [-0.1, -0.05) is 0 Å². The van der Waals surface area contributed by atoms with Crippen molar-refractivity contribution in [2.45, 2.75) is 12.8 Å². The van der Waals surface area contributed by atoms with Crippen LogP contribution in [0.4, 0.5) is 8.78 Å². The zero-order valence-corrected chi connectivity index (χ0v) is 16.2. The second-order valence-electron chi connectivity index (χ2n) is 7.00. The molecule has 0 bridgehead atoms. The third-order valence-electron chi connectivity index (χ3n) is 4.87. The van der Waals surface area contributed by atoms with Gasteiger partial charge in [0.2, 0.25) is 0 Å². The van der Waals surface area contributed by atoms with Crippen LogP contribution in [0.2, 0.25) is 0 Å². The fourth-order valence-electron chi connectivity index (χ4n) is 3.25. The molecule has 0 aromatic heterocycles. The van der Waals surface area contributed by atoms with Gasteiger partial charge in [-0.15, -0.1) is 0 Å². The molecule has 2 aromatic rings. The van der Waals surface area contributed by atoms with E-state index in [2.05, 4.69) is 9.80 Å². The number of hydrogen-bond acceptors (Lipinski definition) is 4. The Kier molecular flexibility index (Phi) is 8.06. The molecule has 0 N–H and O–H groups in total. The number of piperazine rings is 1. The number of rotatable bonds is 10. The minimum absolute atomic E-state index is 0.243. The van der Waals surface area contributed by atoms with E-state index in [1.54, 1.807) is 24.3 Å². The molecule has 0 spiro atoms. The first-order valence-corrected chi connectivity index (χ1v) is 9.90. The molecule has 28 heavy (non-hydrogen) atoms. The molecule has 1 saturated heterocycles. The van der Waals surface area contributed by atoms with Crippen LogP contribution >= 0.6 is 0 Å². The van der Waals surface area contributed by atoms with Gasteiger partial charge in [0.1, 0.15) is 23.1 Å². The van der Waals surface area contributed by atoms with Gasteiger partial charge in [0.15, 0.2) is 0 Å². The summed E-state index contributed by atoms with van der Waals surface area (Å²) in [5.74, 6) is 0.947. The smallest absolute Gasteiger partial charge is 0.123 e. The summed E-state index contributed by atoms with van der Waals surface area (Å²) >= 11 is 0. The summed E-state index contributed by atoms with van der Waals surface area (Å²) in [6.45, 7) is 7.58. The number of ether oxygens (including phenoxy) is 2. The van der Waals surface area contributed by atoms with Gasteiger partial charge in [0, 0.05) is 39.3 Å². The van der Waals surface area contributed by atoms with Crippen LogP contribution in [-0.4, -0.2) is 62.3 Å². The second kappa shape index (κ2) is 11.0.